The second-order valence-corrected chi connectivity index (χ2v) is 4.58. The van der Waals surface area contributed by atoms with Gasteiger partial charge in [0.25, 0.3) is 5.91 Å². The fraction of sp³-hybridized carbons (Fsp3) is 0.500. The maximum atomic E-state index is 11.6. The topological polar surface area (TPSA) is 75.7 Å². The molecule has 0 aliphatic heterocycles. The van der Waals surface area contributed by atoms with Crippen LogP contribution in [0.4, 0.5) is 0 Å². The molecule has 6 nitrogen and oxygen atoms in total. The third-order valence-corrected chi connectivity index (χ3v) is 2.62. The van der Waals surface area contributed by atoms with Crippen molar-refractivity contribution < 1.29 is 19.1 Å². The monoisotopic (exact) mass is 280 g/mol. The third-order valence-electron chi connectivity index (χ3n) is 2.62. The van der Waals surface area contributed by atoms with Crippen LogP contribution in [0.25, 0.3) is 0 Å². The minimum atomic E-state index is -0.590. The van der Waals surface area contributed by atoms with Crippen molar-refractivity contribution >= 4 is 17.8 Å². The van der Waals surface area contributed by atoms with Crippen LogP contribution in [-0.2, 0) is 19.1 Å². The first kappa shape index (κ1) is 15.9. The van der Waals surface area contributed by atoms with Crippen molar-refractivity contribution in [3.8, 4) is 0 Å². The van der Waals surface area contributed by atoms with Gasteiger partial charge in [0.15, 0.2) is 6.61 Å². The molecule has 1 fully saturated rings. The maximum absolute atomic E-state index is 11.6. The highest BCUT2D eigenvalue weighted by atomic mass is 16.5. The van der Waals surface area contributed by atoms with Crippen molar-refractivity contribution in [2.24, 2.45) is 0 Å². The summed E-state index contributed by atoms with van der Waals surface area (Å²) in [6.45, 7) is 1.42. The Morgan fingerprint density at radius 3 is 2.60 bits per heavy atom. The molecule has 0 radical (unpaired) electrons. The Morgan fingerprint density at radius 1 is 1.30 bits per heavy atom. The Balaban J connectivity index is 2.23. The Morgan fingerprint density at radius 2 is 2.00 bits per heavy atom. The highest BCUT2D eigenvalue weighted by Crippen LogP contribution is 2.18. The third kappa shape index (κ3) is 6.72. The molecule has 0 heterocycles. The van der Waals surface area contributed by atoms with E-state index in [9.17, 15) is 14.4 Å². The van der Waals surface area contributed by atoms with E-state index in [-0.39, 0.29) is 25.1 Å². The first-order chi connectivity index (χ1) is 9.52. The molecule has 20 heavy (non-hydrogen) atoms. The van der Waals surface area contributed by atoms with Crippen LogP contribution < -0.4 is 5.32 Å². The molecule has 1 N–H and O–H groups in total. The molecule has 1 rings (SSSR count). The Bertz CT molecular complexity index is 425. The summed E-state index contributed by atoms with van der Waals surface area (Å²) in [6.07, 6.45) is 8.20. The minimum absolute atomic E-state index is 0.0265. The lowest BCUT2D eigenvalue weighted by molar-refractivity contribution is -0.148. The van der Waals surface area contributed by atoms with E-state index in [4.69, 9.17) is 4.74 Å². The van der Waals surface area contributed by atoms with Gasteiger partial charge in [-0.3, -0.25) is 9.59 Å². The van der Waals surface area contributed by atoms with Gasteiger partial charge in [0.05, 0.1) is 6.54 Å². The Labute approximate surface area is 118 Å². The highest BCUT2D eigenvalue weighted by Gasteiger charge is 2.24. The summed E-state index contributed by atoms with van der Waals surface area (Å²) in [7, 11) is 1.50. The molecule has 2 amide bonds. The van der Waals surface area contributed by atoms with Crippen LogP contribution in [0.15, 0.2) is 24.3 Å². The molecule has 0 bridgehead atoms. The van der Waals surface area contributed by atoms with Gasteiger partial charge in [-0.1, -0.05) is 18.2 Å². The average molecular weight is 280 g/mol. The standard InChI is InChI=1S/C14H20N2O4/c1-3-4-5-6-14(19)20-10-13(18)16(2)9-12(17)15-11-7-8-11/h3-6,11H,7-10H2,1-2H3,(H,15,17)/b4-3+,6-5+. The molecule has 110 valence electrons. The molecule has 0 aromatic carbocycles. The number of nitrogens with one attached hydrogen (secondary N) is 1. The highest BCUT2D eigenvalue weighted by molar-refractivity contribution is 5.88. The summed E-state index contributed by atoms with van der Waals surface area (Å²) in [6, 6.07) is 0.264. The van der Waals surface area contributed by atoms with Gasteiger partial charge in [-0.05, 0) is 19.8 Å². The second-order valence-electron chi connectivity index (χ2n) is 4.58. The minimum Gasteiger partial charge on any atom is -0.452 e. The van der Waals surface area contributed by atoms with Crippen molar-refractivity contribution in [3.05, 3.63) is 24.3 Å². The van der Waals surface area contributed by atoms with Gasteiger partial charge < -0.3 is 15.0 Å². The van der Waals surface area contributed by atoms with Crippen molar-refractivity contribution in [1.29, 1.82) is 0 Å². The van der Waals surface area contributed by atoms with Crippen LogP contribution >= 0.6 is 0 Å². The van der Waals surface area contributed by atoms with Gasteiger partial charge in [-0.2, -0.15) is 0 Å². The predicted molar refractivity (Wildman–Crippen MR) is 73.7 cm³/mol. The fourth-order valence-electron chi connectivity index (χ4n) is 1.34. The number of rotatable bonds is 7. The van der Waals surface area contributed by atoms with Crippen LogP contribution in [0.1, 0.15) is 19.8 Å². The quantitative estimate of drug-likeness (QED) is 0.416. The summed E-state index contributed by atoms with van der Waals surface area (Å²) in [5, 5.41) is 2.78. The number of hydrogen-bond acceptors (Lipinski definition) is 4. The van der Waals surface area contributed by atoms with E-state index in [1.165, 1.54) is 24.1 Å². The van der Waals surface area contributed by atoms with Crippen molar-refractivity contribution in [2.75, 3.05) is 20.2 Å². The van der Waals surface area contributed by atoms with E-state index in [1.807, 2.05) is 6.92 Å². The molecule has 0 unspecified atom stereocenters. The van der Waals surface area contributed by atoms with Crippen LogP contribution in [0.3, 0.4) is 0 Å². The molecule has 0 atom stereocenters. The van der Waals surface area contributed by atoms with Gasteiger partial charge in [0.2, 0.25) is 5.91 Å². The number of carbonyl (C=O) groups excluding carboxylic acids is 3. The van der Waals surface area contributed by atoms with Crippen LogP contribution in [0.5, 0.6) is 0 Å². The molecular weight excluding hydrogens is 260 g/mol. The molecule has 1 saturated carbocycles. The van der Waals surface area contributed by atoms with Crippen molar-refractivity contribution in [2.45, 2.75) is 25.8 Å². The molecule has 0 aromatic heterocycles. The summed E-state index contributed by atoms with van der Waals surface area (Å²) >= 11 is 0. The second kappa shape index (κ2) is 8.14. The molecule has 0 aromatic rings. The lowest BCUT2D eigenvalue weighted by atomic mass is 10.4. The molecule has 6 heteroatoms. The van der Waals surface area contributed by atoms with Crippen LogP contribution in [-0.4, -0.2) is 48.9 Å². The maximum Gasteiger partial charge on any atom is 0.331 e. The number of likely N-dealkylation sites (N-methyl/N-ethyl adjacent to an activating group) is 1. The summed E-state index contributed by atoms with van der Waals surface area (Å²) in [5.74, 6) is -1.20. The van der Waals surface area contributed by atoms with Gasteiger partial charge >= 0.3 is 5.97 Å². The van der Waals surface area contributed by atoms with E-state index in [0.717, 1.165) is 12.8 Å². The average Bonchev–Trinajstić information content (AvgIpc) is 3.19. The number of ether oxygens (including phenoxy) is 1. The summed E-state index contributed by atoms with van der Waals surface area (Å²) in [4.78, 5) is 35.6. The lowest BCUT2D eigenvalue weighted by Crippen LogP contribution is -2.40. The summed E-state index contributed by atoms with van der Waals surface area (Å²) < 4.78 is 4.76. The zero-order chi connectivity index (χ0) is 15.0. The zero-order valence-corrected chi connectivity index (χ0v) is 11.8. The normalized spacial score (nSPS) is 14.5. The smallest absolute Gasteiger partial charge is 0.331 e. The fourth-order valence-corrected chi connectivity index (χ4v) is 1.34. The predicted octanol–water partition coefficient (Wildman–Crippen LogP) is 0.399. The van der Waals surface area contributed by atoms with E-state index in [1.54, 1.807) is 12.2 Å². The molecular formula is C14H20N2O4. The van der Waals surface area contributed by atoms with Crippen LogP contribution in [0.2, 0.25) is 0 Å². The molecule has 0 saturated heterocycles. The zero-order valence-electron chi connectivity index (χ0n) is 11.8. The number of esters is 1. The Hall–Kier alpha value is -2.11. The summed E-state index contributed by atoms with van der Waals surface area (Å²) in [5.41, 5.74) is 0. The van der Waals surface area contributed by atoms with Gasteiger partial charge in [0.1, 0.15) is 0 Å². The van der Waals surface area contributed by atoms with Gasteiger partial charge in [-0.25, -0.2) is 4.79 Å². The van der Waals surface area contributed by atoms with Gasteiger partial charge in [0, 0.05) is 19.2 Å². The first-order valence-corrected chi connectivity index (χ1v) is 6.52. The number of allylic oxidation sites excluding steroid dienone is 3. The van der Waals surface area contributed by atoms with Crippen molar-refractivity contribution in [1.82, 2.24) is 10.2 Å². The van der Waals surface area contributed by atoms with Crippen LogP contribution in [0, 0.1) is 0 Å². The molecule has 0 spiro atoms. The molecule has 1 aliphatic rings. The van der Waals surface area contributed by atoms with Gasteiger partial charge in [-0.15, -0.1) is 0 Å². The van der Waals surface area contributed by atoms with E-state index >= 15 is 0 Å². The number of amides is 2. The number of carbonyl (C=O) groups is 3. The first-order valence-electron chi connectivity index (χ1n) is 6.52. The Kier molecular flexibility index (Phi) is 6.49. The van der Waals surface area contributed by atoms with E-state index in [2.05, 4.69) is 5.32 Å². The number of hydrogen-bond donors (Lipinski definition) is 1. The van der Waals surface area contributed by atoms with E-state index < -0.39 is 11.9 Å². The molecule has 1 aliphatic carbocycles. The van der Waals surface area contributed by atoms with E-state index in [0.29, 0.717) is 0 Å². The lowest BCUT2D eigenvalue weighted by Gasteiger charge is -2.16. The number of nitrogens with zero attached hydrogens (tertiary/aromatic N) is 1. The van der Waals surface area contributed by atoms with Crippen molar-refractivity contribution in [3.63, 3.8) is 0 Å². The largest absolute Gasteiger partial charge is 0.452 e. The SMILES string of the molecule is C/C=C/C=C/C(=O)OCC(=O)N(C)CC(=O)NC1CC1.